The van der Waals surface area contributed by atoms with Crippen LogP contribution in [0, 0.1) is 27.7 Å². The molecule has 1 saturated heterocycles. The molecule has 21 heavy (non-hydrogen) atoms. The fourth-order valence-corrected chi connectivity index (χ4v) is 2.78. The lowest BCUT2D eigenvalue weighted by molar-refractivity contribution is -0.385. The number of hydrogen-bond donors (Lipinski definition) is 0. The highest BCUT2D eigenvalue weighted by Gasteiger charge is 2.28. The van der Waals surface area contributed by atoms with Crippen molar-refractivity contribution in [2.75, 3.05) is 37.6 Å². The fourth-order valence-electron chi connectivity index (χ4n) is 2.78. The van der Waals surface area contributed by atoms with E-state index < -0.39 is 22.2 Å². The summed E-state index contributed by atoms with van der Waals surface area (Å²) < 4.78 is 27.9. The van der Waals surface area contributed by atoms with Crippen molar-refractivity contribution in [2.45, 2.75) is 12.8 Å². The minimum absolute atomic E-state index is 0.147. The molecule has 5 nitrogen and oxygen atoms in total. The molecule has 2 fully saturated rings. The number of non-ortho nitro benzene ring substituents is 1. The van der Waals surface area contributed by atoms with Crippen molar-refractivity contribution in [3.8, 4) is 0 Å². The Hall–Kier alpha value is -1.76. The summed E-state index contributed by atoms with van der Waals surface area (Å²) in [5.41, 5.74) is -0.701. The van der Waals surface area contributed by atoms with Crippen molar-refractivity contribution in [3.63, 3.8) is 0 Å². The molecule has 0 bridgehead atoms. The van der Waals surface area contributed by atoms with Crippen molar-refractivity contribution in [1.29, 1.82) is 0 Å². The molecule has 1 aliphatic heterocycles. The third-order valence-electron chi connectivity index (χ3n) is 4.11. The molecule has 1 aromatic carbocycles. The van der Waals surface area contributed by atoms with E-state index in [9.17, 15) is 18.9 Å². The highest BCUT2D eigenvalue weighted by molar-refractivity contribution is 5.54. The Morgan fingerprint density at radius 1 is 1.14 bits per heavy atom. The molecular formula is C14H17F2N3O2. The van der Waals surface area contributed by atoms with E-state index in [0.29, 0.717) is 13.1 Å². The lowest BCUT2D eigenvalue weighted by Gasteiger charge is -2.36. The Morgan fingerprint density at radius 3 is 2.19 bits per heavy atom. The number of nitro groups is 1. The average Bonchev–Trinajstić information content (AvgIpc) is 3.23. The van der Waals surface area contributed by atoms with Gasteiger partial charge in [0.1, 0.15) is 5.69 Å². The maximum absolute atomic E-state index is 14.0. The summed E-state index contributed by atoms with van der Waals surface area (Å²) in [6.07, 6.45) is 2.57. The van der Waals surface area contributed by atoms with Crippen LogP contribution < -0.4 is 4.90 Å². The van der Waals surface area contributed by atoms with E-state index >= 15 is 0 Å². The molecule has 0 spiro atoms. The summed E-state index contributed by atoms with van der Waals surface area (Å²) in [4.78, 5) is 13.8. The number of benzene rings is 1. The molecule has 2 aliphatic rings. The quantitative estimate of drug-likeness (QED) is 0.632. The minimum Gasteiger partial charge on any atom is -0.364 e. The zero-order valence-electron chi connectivity index (χ0n) is 11.6. The Bertz CT molecular complexity index is 532. The van der Waals surface area contributed by atoms with Crippen LogP contribution >= 0.6 is 0 Å². The third-order valence-corrected chi connectivity index (χ3v) is 4.11. The van der Waals surface area contributed by atoms with Gasteiger partial charge in [-0.3, -0.25) is 15.0 Å². The molecule has 114 valence electrons. The van der Waals surface area contributed by atoms with Crippen molar-refractivity contribution in [3.05, 3.63) is 33.9 Å². The lowest BCUT2D eigenvalue weighted by atomic mass is 10.2. The molecule has 0 aromatic heterocycles. The summed E-state index contributed by atoms with van der Waals surface area (Å²) in [7, 11) is 0. The first-order chi connectivity index (χ1) is 10.0. The summed E-state index contributed by atoms with van der Waals surface area (Å²) in [6, 6.07) is 1.57. The van der Waals surface area contributed by atoms with E-state index in [0.717, 1.165) is 37.7 Å². The van der Waals surface area contributed by atoms with Gasteiger partial charge in [0.15, 0.2) is 11.6 Å². The van der Waals surface area contributed by atoms with E-state index in [1.54, 1.807) is 4.90 Å². The number of hydrogen-bond acceptors (Lipinski definition) is 4. The van der Waals surface area contributed by atoms with Crippen LogP contribution in [0.4, 0.5) is 20.2 Å². The summed E-state index contributed by atoms with van der Waals surface area (Å²) >= 11 is 0. The van der Waals surface area contributed by atoms with Gasteiger partial charge in [0, 0.05) is 32.7 Å². The first kappa shape index (κ1) is 14.2. The molecule has 0 amide bonds. The second kappa shape index (κ2) is 5.55. The van der Waals surface area contributed by atoms with Gasteiger partial charge in [-0.15, -0.1) is 0 Å². The van der Waals surface area contributed by atoms with Crippen LogP contribution in [-0.4, -0.2) is 42.5 Å². The summed E-state index contributed by atoms with van der Waals surface area (Å²) in [6.45, 7) is 3.69. The van der Waals surface area contributed by atoms with Gasteiger partial charge in [0.05, 0.1) is 17.1 Å². The lowest BCUT2D eigenvalue weighted by Crippen LogP contribution is -2.47. The van der Waals surface area contributed by atoms with Gasteiger partial charge in [-0.1, -0.05) is 0 Å². The maximum Gasteiger partial charge on any atom is 0.275 e. The first-order valence-electron chi connectivity index (χ1n) is 7.15. The van der Waals surface area contributed by atoms with Crippen LogP contribution in [0.25, 0.3) is 0 Å². The van der Waals surface area contributed by atoms with Crippen LogP contribution in [0.15, 0.2) is 12.1 Å². The monoisotopic (exact) mass is 297 g/mol. The van der Waals surface area contributed by atoms with Gasteiger partial charge in [0.2, 0.25) is 0 Å². The van der Waals surface area contributed by atoms with E-state index in [2.05, 4.69) is 4.90 Å². The van der Waals surface area contributed by atoms with Crippen LogP contribution in [0.5, 0.6) is 0 Å². The predicted molar refractivity (Wildman–Crippen MR) is 74.4 cm³/mol. The highest BCUT2D eigenvalue weighted by atomic mass is 19.1. The molecule has 1 heterocycles. The number of rotatable bonds is 4. The van der Waals surface area contributed by atoms with Crippen molar-refractivity contribution in [2.24, 2.45) is 5.92 Å². The molecule has 1 aliphatic carbocycles. The third kappa shape index (κ3) is 3.12. The molecular weight excluding hydrogens is 280 g/mol. The average molecular weight is 297 g/mol. The Morgan fingerprint density at radius 2 is 1.71 bits per heavy atom. The van der Waals surface area contributed by atoms with Gasteiger partial charge in [-0.05, 0) is 18.8 Å². The normalized spacial score (nSPS) is 19.8. The number of anilines is 1. The SMILES string of the molecule is O=[N+]([O-])c1cc(F)c(N2CCN(CC3CC3)CC2)c(F)c1. The van der Waals surface area contributed by atoms with E-state index in [-0.39, 0.29) is 5.69 Å². The Balaban J connectivity index is 1.71. The zero-order chi connectivity index (χ0) is 15.0. The summed E-state index contributed by atoms with van der Waals surface area (Å²) in [5, 5.41) is 10.6. The van der Waals surface area contributed by atoms with Crippen molar-refractivity contribution < 1.29 is 13.7 Å². The maximum atomic E-state index is 14.0. The van der Waals surface area contributed by atoms with E-state index in [1.807, 2.05) is 0 Å². The first-order valence-corrected chi connectivity index (χ1v) is 7.15. The van der Waals surface area contributed by atoms with Gasteiger partial charge >= 0.3 is 0 Å². The van der Waals surface area contributed by atoms with Crippen LogP contribution in [-0.2, 0) is 0 Å². The molecule has 7 heteroatoms. The molecule has 1 aromatic rings. The number of piperazine rings is 1. The zero-order valence-corrected chi connectivity index (χ0v) is 11.6. The van der Waals surface area contributed by atoms with Crippen molar-refractivity contribution in [1.82, 2.24) is 4.90 Å². The number of nitro benzene ring substituents is 1. The van der Waals surface area contributed by atoms with E-state index in [4.69, 9.17) is 0 Å². The topological polar surface area (TPSA) is 49.6 Å². The number of halogens is 2. The van der Waals surface area contributed by atoms with Gasteiger partial charge in [-0.2, -0.15) is 0 Å². The largest absolute Gasteiger partial charge is 0.364 e. The second-order valence-electron chi connectivity index (χ2n) is 5.75. The van der Waals surface area contributed by atoms with E-state index in [1.165, 1.54) is 12.8 Å². The molecule has 3 rings (SSSR count). The standard InChI is InChI=1S/C14H17F2N3O2/c15-12-7-11(19(20)21)8-13(16)14(12)18-5-3-17(4-6-18)9-10-1-2-10/h7-8,10H,1-6,9H2. The number of nitrogens with zero attached hydrogens (tertiary/aromatic N) is 3. The van der Waals surface area contributed by atoms with Crippen LogP contribution in [0.3, 0.4) is 0 Å². The molecule has 0 unspecified atom stereocenters. The summed E-state index contributed by atoms with van der Waals surface area (Å²) in [5.74, 6) is -0.931. The smallest absolute Gasteiger partial charge is 0.275 e. The Labute approximate surface area is 121 Å². The minimum atomic E-state index is -0.864. The second-order valence-corrected chi connectivity index (χ2v) is 5.75. The van der Waals surface area contributed by atoms with Crippen LogP contribution in [0.1, 0.15) is 12.8 Å². The molecule has 0 radical (unpaired) electrons. The Kier molecular flexibility index (Phi) is 3.75. The predicted octanol–water partition coefficient (Wildman–Crippen LogP) is 2.41. The molecule has 1 saturated carbocycles. The molecule has 0 N–H and O–H groups in total. The molecule has 0 atom stereocenters. The van der Waals surface area contributed by atoms with Gasteiger partial charge < -0.3 is 4.90 Å². The fraction of sp³-hybridized carbons (Fsp3) is 0.571. The van der Waals surface area contributed by atoms with Gasteiger partial charge in [0.25, 0.3) is 5.69 Å². The van der Waals surface area contributed by atoms with Gasteiger partial charge in [-0.25, -0.2) is 8.78 Å². The van der Waals surface area contributed by atoms with Crippen molar-refractivity contribution >= 4 is 11.4 Å². The van der Waals surface area contributed by atoms with Crippen LogP contribution in [0.2, 0.25) is 0 Å². The highest BCUT2D eigenvalue weighted by Crippen LogP contribution is 2.31.